The maximum absolute atomic E-state index is 13.2. The van der Waals surface area contributed by atoms with Crippen molar-refractivity contribution in [3.63, 3.8) is 0 Å². The van der Waals surface area contributed by atoms with Gasteiger partial charge in [0.15, 0.2) is 5.82 Å². The predicted molar refractivity (Wildman–Crippen MR) is 164 cm³/mol. The molecule has 1 aliphatic rings. The topological polar surface area (TPSA) is 179 Å². The van der Waals surface area contributed by atoms with Crippen LogP contribution in [-0.4, -0.2) is 83.8 Å². The molecule has 0 saturated carbocycles. The van der Waals surface area contributed by atoms with Crippen LogP contribution in [0.3, 0.4) is 0 Å². The number of H-pyrrole nitrogens is 1. The van der Waals surface area contributed by atoms with Gasteiger partial charge in [0.1, 0.15) is 6.04 Å². The molecular formula is C31H33N9O6. The number of carbonyl (C=O) groups is 1. The van der Waals surface area contributed by atoms with Gasteiger partial charge >= 0.3 is 5.97 Å². The molecule has 5 aromatic rings. The van der Waals surface area contributed by atoms with Gasteiger partial charge in [-0.15, -0.1) is 10.1 Å². The SMILES string of the molecule is CCOc1nc2cccc(C(=O)OCO/N=[N+](\[O-])N3CCCCC3CO)c2n1Cc1ccc(-c2ccccc2-c2nnn[nH]2)cc1. The molecular weight excluding hydrogens is 594 g/mol. The number of hydrazine groups is 1. The highest BCUT2D eigenvalue weighted by Crippen LogP contribution is 2.31. The first-order valence-electron chi connectivity index (χ1n) is 15.0. The van der Waals surface area contributed by atoms with Crippen molar-refractivity contribution in [3.8, 4) is 28.5 Å². The summed E-state index contributed by atoms with van der Waals surface area (Å²) >= 11 is 0. The third kappa shape index (κ3) is 6.44. The van der Waals surface area contributed by atoms with Gasteiger partial charge in [-0.3, -0.25) is 4.57 Å². The van der Waals surface area contributed by atoms with Gasteiger partial charge in [0.2, 0.25) is 5.28 Å². The van der Waals surface area contributed by atoms with Crippen LogP contribution in [0.2, 0.25) is 0 Å². The number of rotatable bonds is 12. The monoisotopic (exact) mass is 627 g/mol. The first kappa shape index (κ1) is 30.5. The van der Waals surface area contributed by atoms with Crippen LogP contribution in [0.4, 0.5) is 0 Å². The predicted octanol–water partition coefficient (Wildman–Crippen LogP) is 4.10. The van der Waals surface area contributed by atoms with Crippen LogP contribution in [0.1, 0.15) is 42.1 Å². The summed E-state index contributed by atoms with van der Waals surface area (Å²) in [6.07, 6.45) is 2.41. The molecule has 1 unspecified atom stereocenters. The van der Waals surface area contributed by atoms with Crippen LogP contribution in [0.25, 0.3) is 33.5 Å². The maximum Gasteiger partial charge on any atom is 0.343 e. The summed E-state index contributed by atoms with van der Waals surface area (Å²) in [5.41, 5.74) is 5.12. The van der Waals surface area contributed by atoms with E-state index in [1.165, 1.54) is 5.01 Å². The summed E-state index contributed by atoms with van der Waals surface area (Å²) in [5, 5.41) is 41.1. The van der Waals surface area contributed by atoms with Gasteiger partial charge in [0.25, 0.3) is 12.8 Å². The molecule has 6 rings (SSSR count). The van der Waals surface area contributed by atoms with Gasteiger partial charge < -0.3 is 24.6 Å². The maximum atomic E-state index is 13.2. The van der Waals surface area contributed by atoms with Crippen molar-refractivity contribution in [1.82, 2.24) is 35.2 Å². The number of tetrazole rings is 1. The second-order valence-electron chi connectivity index (χ2n) is 10.6. The van der Waals surface area contributed by atoms with Crippen molar-refractivity contribution >= 4 is 17.0 Å². The average Bonchev–Trinajstić information content (AvgIpc) is 3.76. The zero-order valence-corrected chi connectivity index (χ0v) is 25.2. The quantitative estimate of drug-likeness (QED) is 0.0508. The fourth-order valence-electron chi connectivity index (χ4n) is 5.58. The Bertz CT molecular complexity index is 1810. The second kappa shape index (κ2) is 14.0. The average molecular weight is 628 g/mol. The molecule has 0 amide bonds. The minimum absolute atomic E-state index is 0.162. The van der Waals surface area contributed by atoms with Gasteiger partial charge in [-0.1, -0.05) is 54.6 Å². The van der Waals surface area contributed by atoms with Crippen LogP contribution in [0, 0.1) is 5.21 Å². The van der Waals surface area contributed by atoms with Crippen molar-refractivity contribution in [3.05, 3.63) is 83.1 Å². The number of ether oxygens (including phenoxy) is 2. The van der Waals surface area contributed by atoms with Gasteiger partial charge in [-0.2, -0.15) is 4.98 Å². The molecule has 1 aliphatic heterocycles. The Labute approximate surface area is 263 Å². The number of aliphatic hydroxyl groups is 1. The molecule has 1 saturated heterocycles. The number of hydrogen-bond donors (Lipinski definition) is 2. The van der Waals surface area contributed by atoms with E-state index in [0.717, 1.165) is 35.1 Å². The minimum atomic E-state index is -0.678. The van der Waals surface area contributed by atoms with E-state index in [9.17, 15) is 15.1 Å². The van der Waals surface area contributed by atoms with E-state index in [1.54, 1.807) is 18.2 Å². The van der Waals surface area contributed by atoms with Crippen molar-refractivity contribution < 1.29 is 29.2 Å². The van der Waals surface area contributed by atoms with Crippen LogP contribution in [-0.2, 0) is 16.1 Å². The lowest BCUT2D eigenvalue weighted by atomic mass is 9.98. The Hall–Kier alpha value is -5.57. The molecule has 2 N–H and O–H groups in total. The first-order valence-corrected chi connectivity index (χ1v) is 15.0. The van der Waals surface area contributed by atoms with E-state index in [-0.39, 0.29) is 18.2 Å². The molecule has 1 fully saturated rings. The van der Waals surface area contributed by atoms with Crippen molar-refractivity contribution in [2.75, 3.05) is 26.6 Å². The molecule has 15 heteroatoms. The molecule has 15 nitrogen and oxygen atoms in total. The number of fused-ring (bicyclic) bond motifs is 1. The molecule has 2 aromatic heterocycles. The van der Waals surface area contributed by atoms with Crippen LogP contribution in [0.15, 0.2) is 72.0 Å². The molecule has 0 bridgehead atoms. The molecule has 0 radical (unpaired) electrons. The van der Waals surface area contributed by atoms with Crippen LogP contribution in [0.5, 0.6) is 6.01 Å². The number of carbonyl (C=O) groups excluding carboxylic acids is 1. The number of aromatic amines is 1. The molecule has 0 spiro atoms. The van der Waals surface area contributed by atoms with Crippen molar-refractivity contribution in [2.45, 2.75) is 38.8 Å². The normalized spacial score (nSPS) is 15.2. The van der Waals surface area contributed by atoms with E-state index in [4.69, 9.17) is 14.3 Å². The summed E-state index contributed by atoms with van der Waals surface area (Å²) in [6, 6.07) is 21.0. The highest BCUT2D eigenvalue weighted by Gasteiger charge is 2.28. The molecule has 46 heavy (non-hydrogen) atoms. The smallest absolute Gasteiger partial charge is 0.343 e. The van der Waals surface area contributed by atoms with E-state index >= 15 is 0 Å². The molecule has 3 heterocycles. The third-order valence-corrected chi connectivity index (χ3v) is 7.76. The Morgan fingerprint density at radius 2 is 1.93 bits per heavy atom. The molecule has 0 aliphatic carbocycles. The van der Waals surface area contributed by atoms with E-state index in [1.807, 2.05) is 60.0 Å². The number of nitrogens with zero attached hydrogens (tertiary/aromatic N) is 8. The number of aliphatic hydroxyl groups excluding tert-OH is 1. The first-order chi connectivity index (χ1) is 22.6. The standard InChI is InChI=1S/C31H33N9O6/c1-2-44-31-32-27-12-7-11-26(30(42)45-20-46-37-40(43)39-17-6-5-8-23(39)19-41)28(27)38(31)18-21-13-15-22(16-14-21)24-9-3-4-10-25(24)29-33-35-36-34-29/h3-4,7,9-16,23,41H,2,5-6,8,17-20H2,1H3,(H,33,34,35,36)/b40-37-. The lowest BCUT2D eigenvalue weighted by Gasteiger charge is -2.29. The zero-order chi connectivity index (χ0) is 31.9. The summed E-state index contributed by atoms with van der Waals surface area (Å²) < 4.78 is 13.0. The molecule has 1 atom stereocenters. The van der Waals surface area contributed by atoms with Gasteiger partial charge in [-0.05, 0) is 65.4 Å². The van der Waals surface area contributed by atoms with Gasteiger partial charge in [-0.25, -0.2) is 9.89 Å². The lowest BCUT2D eigenvalue weighted by Crippen LogP contribution is -2.45. The Morgan fingerprint density at radius 1 is 1.11 bits per heavy atom. The van der Waals surface area contributed by atoms with Crippen molar-refractivity contribution in [1.29, 1.82) is 0 Å². The van der Waals surface area contributed by atoms with E-state index in [2.05, 4.69) is 30.9 Å². The second-order valence-corrected chi connectivity index (χ2v) is 10.6. The highest BCUT2D eigenvalue weighted by atomic mass is 16.8. The number of piperidine rings is 1. The Kier molecular flexibility index (Phi) is 9.29. The number of nitrogens with one attached hydrogen (secondary N) is 1. The fraction of sp³-hybridized carbons (Fsp3) is 0.323. The van der Waals surface area contributed by atoms with Crippen LogP contribution < -0.4 is 4.74 Å². The number of benzene rings is 3. The Balaban J connectivity index is 1.21. The largest absolute Gasteiger partial charge is 0.569 e. The summed E-state index contributed by atoms with van der Waals surface area (Å²) in [6.45, 7) is 2.32. The van der Waals surface area contributed by atoms with E-state index in [0.29, 0.717) is 54.0 Å². The third-order valence-electron chi connectivity index (χ3n) is 7.76. The Morgan fingerprint density at radius 3 is 2.70 bits per heavy atom. The molecule has 3 aromatic carbocycles. The number of hydrogen-bond acceptors (Lipinski definition) is 11. The summed E-state index contributed by atoms with van der Waals surface area (Å²) in [5.74, 6) is -0.102. The summed E-state index contributed by atoms with van der Waals surface area (Å²) in [4.78, 5) is 23.2. The van der Waals surface area contributed by atoms with Gasteiger partial charge in [0, 0.05) is 5.56 Å². The van der Waals surface area contributed by atoms with Gasteiger partial charge in [0.05, 0.1) is 47.9 Å². The number of aromatic nitrogens is 6. The molecule has 238 valence electrons. The highest BCUT2D eigenvalue weighted by molar-refractivity contribution is 6.02. The summed E-state index contributed by atoms with van der Waals surface area (Å²) in [7, 11) is 0. The number of imidazole rings is 1. The fourth-order valence-corrected chi connectivity index (χ4v) is 5.58. The zero-order valence-electron chi connectivity index (χ0n) is 25.2. The lowest BCUT2D eigenvalue weighted by molar-refractivity contribution is -0.721. The van der Waals surface area contributed by atoms with Crippen molar-refractivity contribution in [2.24, 2.45) is 5.28 Å². The number of para-hydroxylation sites is 1. The number of esters is 1. The van der Waals surface area contributed by atoms with Crippen LogP contribution >= 0.6 is 0 Å². The van der Waals surface area contributed by atoms with E-state index < -0.39 is 12.8 Å². The minimum Gasteiger partial charge on any atom is -0.569 e.